The van der Waals surface area contributed by atoms with Crippen molar-refractivity contribution in [3.8, 4) is 44.8 Å². The summed E-state index contributed by atoms with van der Waals surface area (Å²) in [6.45, 7) is 0. The molecule has 0 spiro atoms. The van der Waals surface area contributed by atoms with Crippen molar-refractivity contribution in [1.82, 2.24) is 9.13 Å². The Labute approximate surface area is 407 Å². The molecule has 1 aliphatic rings. The van der Waals surface area contributed by atoms with Crippen molar-refractivity contribution >= 4 is 60.7 Å². The van der Waals surface area contributed by atoms with Gasteiger partial charge in [-0.25, -0.2) is 0 Å². The van der Waals surface area contributed by atoms with Crippen molar-refractivity contribution in [2.24, 2.45) is 0 Å². The molecule has 0 bridgehead atoms. The van der Waals surface area contributed by atoms with E-state index >= 15 is 0 Å². The molecule has 0 saturated carbocycles. The number of anilines is 3. The Balaban J connectivity index is 0.969. The van der Waals surface area contributed by atoms with E-state index in [1.165, 1.54) is 77.0 Å². The van der Waals surface area contributed by atoms with Crippen LogP contribution in [0.1, 0.15) is 22.6 Å². The summed E-state index contributed by atoms with van der Waals surface area (Å²) in [7, 11) is 0. The smallest absolute Gasteiger partial charge is 0.0561 e. The van der Waals surface area contributed by atoms with Gasteiger partial charge in [-0.05, 0) is 129 Å². The van der Waals surface area contributed by atoms with E-state index in [0.717, 1.165) is 45.1 Å². The maximum atomic E-state index is 2.47. The predicted octanol–water partition coefficient (Wildman–Crippen LogP) is 17.8. The summed E-state index contributed by atoms with van der Waals surface area (Å²) in [6, 6.07) is 98.1. The number of para-hydroxylation sites is 3. The number of hydrogen-bond acceptors (Lipinski definition) is 1. The van der Waals surface area contributed by atoms with Gasteiger partial charge >= 0.3 is 0 Å². The lowest BCUT2D eigenvalue weighted by Gasteiger charge is -2.27. The lowest BCUT2D eigenvalue weighted by atomic mass is 9.89. The van der Waals surface area contributed by atoms with Crippen LogP contribution in [0, 0.1) is 0 Å². The standard InChI is InChI=1S/C67H45N3/c1-4-17-45(18-5-1)46-31-34-51(35-32-46)70-64-30-15-13-27-58(64)60-40-37-54(44-66(60)70)68(53-36-39-56-55-25-10-11-28-61(55)67(62(56)43-53)47-19-6-2-7-20-47)52-24-16-21-48(41-52)49-33-38-59-57-26-12-14-29-63(57)69(65(59)42-49)50-22-8-3-9-23-50/h1-44,67H. The Morgan fingerprint density at radius 1 is 0.271 bits per heavy atom. The predicted molar refractivity (Wildman–Crippen MR) is 293 cm³/mol. The fourth-order valence-corrected chi connectivity index (χ4v) is 11.4. The third kappa shape index (κ3) is 6.43. The van der Waals surface area contributed by atoms with E-state index in [1.54, 1.807) is 0 Å². The molecule has 13 aromatic rings. The Morgan fingerprint density at radius 2 is 0.757 bits per heavy atom. The first-order valence-electron chi connectivity index (χ1n) is 24.2. The first kappa shape index (κ1) is 39.9. The van der Waals surface area contributed by atoms with Crippen molar-refractivity contribution in [3.63, 3.8) is 0 Å². The normalized spacial score (nSPS) is 13.0. The van der Waals surface area contributed by atoms with Crippen LogP contribution >= 0.6 is 0 Å². The molecule has 14 rings (SSSR count). The highest BCUT2D eigenvalue weighted by atomic mass is 15.1. The number of nitrogens with zero attached hydrogens (tertiary/aromatic N) is 3. The molecule has 1 unspecified atom stereocenters. The zero-order valence-electron chi connectivity index (χ0n) is 38.3. The highest BCUT2D eigenvalue weighted by molar-refractivity contribution is 6.11. The van der Waals surface area contributed by atoms with Gasteiger partial charge in [0.05, 0.1) is 22.1 Å². The Morgan fingerprint density at radius 3 is 1.50 bits per heavy atom. The van der Waals surface area contributed by atoms with Crippen LogP contribution in [-0.2, 0) is 0 Å². The zero-order valence-corrected chi connectivity index (χ0v) is 38.3. The van der Waals surface area contributed by atoms with Crippen molar-refractivity contribution in [3.05, 3.63) is 284 Å². The van der Waals surface area contributed by atoms with Gasteiger partial charge in [-0.2, -0.15) is 0 Å². The second-order valence-corrected chi connectivity index (χ2v) is 18.5. The van der Waals surface area contributed by atoms with Crippen LogP contribution in [0.3, 0.4) is 0 Å². The van der Waals surface area contributed by atoms with Gasteiger partial charge in [-0.3, -0.25) is 0 Å². The molecular weight excluding hydrogens is 847 g/mol. The third-order valence-electron chi connectivity index (χ3n) is 14.6. The zero-order chi connectivity index (χ0) is 46.1. The summed E-state index contributed by atoms with van der Waals surface area (Å²) in [5.74, 6) is 0.118. The number of fused-ring (bicyclic) bond motifs is 9. The second kappa shape index (κ2) is 16.3. The highest BCUT2D eigenvalue weighted by Crippen LogP contribution is 2.51. The van der Waals surface area contributed by atoms with Gasteiger partial charge < -0.3 is 14.0 Å². The van der Waals surface area contributed by atoms with E-state index in [9.17, 15) is 0 Å². The summed E-state index contributed by atoms with van der Waals surface area (Å²) in [5, 5.41) is 4.94. The van der Waals surface area contributed by atoms with E-state index < -0.39 is 0 Å². The Kier molecular flexibility index (Phi) is 9.28. The SMILES string of the molecule is c1ccc(-c2ccc(-n3c4ccccc4c4ccc(N(c5cccc(-c6ccc7c8ccccc8n(-c8ccccc8)c7c6)c5)c5ccc6c(c5)C(c5ccccc5)c5ccccc5-6)cc43)cc2)cc1. The maximum absolute atomic E-state index is 2.47. The van der Waals surface area contributed by atoms with E-state index in [0.29, 0.717) is 0 Å². The van der Waals surface area contributed by atoms with Crippen molar-refractivity contribution in [2.45, 2.75) is 5.92 Å². The molecule has 328 valence electrons. The summed E-state index contributed by atoms with van der Waals surface area (Å²) in [5.41, 5.74) is 21.6. The number of benzene rings is 11. The first-order chi connectivity index (χ1) is 34.7. The minimum atomic E-state index is 0.118. The maximum Gasteiger partial charge on any atom is 0.0561 e. The van der Waals surface area contributed by atoms with Crippen LogP contribution in [-0.4, -0.2) is 9.13 Å². The van der Waals surface area contributed by atoms with E-state index in [2.05, 4.69) is 281 Å². The molecule has 3 nitrogen and oxygen atoms in total. The topological polar surface area (TPSA) is 13.1 Å². The van der Waals surface area contributed by atoms with Gasteiger partial charge in [0.15, 0.2) is 0 Å². The number of aromatic nitrogens is 2. The van der Waals surface area contributed by atoms with Gasteiger partial charge in [0, 0.05) is 55.9 Å². The molecule has 0 N–H and O–H groups in total. The minimum absolute atomic E-state index is 0.118. The molecule has 0 aliphatic heterocycles. The minimum Gasteiger partial charge on any atom is -0.310 e. The lowest BCUT2D eigenvalue weighted by Crippen LogP contribution is -2.11. The Bertz CT molecular complexity index is 4110. The second-order valence-electron chi connectivity index (χ2n) is 18.5. The quantitative estimate of drug-likeness (QED) is 0.148. The largest absolute Gasteiger partial charge is 0.310 e. The van der Waals surface area contributed by atoms with Crippen LogP contribution in [0.25, 0.3) is 88.4 Å². The molecule has 2 aromatic heterocycles. The summed E-state index contributed by atoms with van der Waals surface area (Å²) >= 11 is 0. The molecule has 3 heteroatoms. The molecule has 0 amide bonds. The van der Waals surface area contributed by atoms with E-state index in [1.807, 2.05) is 0 Å². The molecular formula is C67H45N3. The van der Waals surface area contributed by atoms with Gasteiger partial charge in [0.25, 0.3) is 0 Å². The summed E-state index contributed by atoms with van der Waals surface area (Å²) in [6.07, 6.45) is 0. The molecule has 1 aliphatic carbocycles. The van der Waals surface area contributed by atoms with Gasteiger partial charge in [-0.15, -0.1) is 0 Å². The van der Waals surface area contributed by atoms with Crippen molar-refractivity contribution in [2.75, 3.05) is 4.90 Å². The molecule has 0 radical (unpaired) electrons. The molecule has 2 heterocycles. The van der Waals surface area contributed by atoms with Gasteiger partial charge in [0.2, 0.25) is 0 Å². The first-order valence-corrected chi connectivity index (χ1v) is 24.2. The van der Waals surface area contributed by atoms with Gasteiger partial charge in [0.1, 0.15) is 0 Å². The third-order valence-corrected chi connectivity index (χ3v) is 14.6. The van der Waals surface area contributed by atoms with Crippen molar-refractivity contribution < 1.29 is 0 Å². The monoisotopic (exact) mass is 891 g/mol. The van der Waals surface area contributed by atoms with Crippen LogP contribution in [0.4, 0.5) is 17.1 Å². The Hall–Kier alpha value is -9.18. The number of hydrogen-bond donors (Lipinski definition) is 0. The average molecular weight is 892 g/mol. The lowest BCUT2D eigenvalue weighted by molar-refractivity contribution is 1.01. The van der Waals surface area contributed by atoms with Crippen molar-refractivity contribution in [1.29, 1.82) is 0 Å². The molecule has 0 fully saturated rings. The van der Waals surface area contributed by atoms with Crippen LogP contribution in [0.15, 0.2) is 267 Å². The van der Waals surface area contributed by atoms with E-state index in [4.69, 9.17) is 0 Å². The molecule has 1 atom stereocenters. The van der Waals surface area contributed by atoms with Crippen LogP contribution < -0.4 is 4.90 Å². The average Bonchev–Trinajstić information content (AvgIpc) is 4.07. The summed E-state index contributed by atoms with van der Waals surface area (Å²) in [4.78, 5) is 2.47. The fraction of sp³-hybridized carbons (Fsp3) is 0.0149. The highest BCUT2D eigenvalue weighted by Gasteiger charge is 2.31. The van der Waals surface area contributed by atoms with Crippen LogP contribution in [0.5, 0.6) is 0 Å². The molecule has 70 heavy (non-hydrogen) atoms. The number of rotatable bonds is 8. The van der Waals surface area contributed by atoms with Crippen LogP contribution in [0.2, 0.25) is 0 Å². The van der Waals surface area contributed by atoms with Gasteiger partial charge in [-0.1, -0.05) is 188 Å². The molecule has 11 aromatic carbocycles. The summed E-state index contributed by atoms with van der Waals surface area (Å²) < 4.78 is 4.84. The van der Waals surface area contributed by atoms with E-state index in [-0.39, 0.29) is 5.92 Å². The fourth-order valence-electron chi connectivity index (χ4n) is 11.4. The molecule has 0 saturated heterocycles.